The lowest BCUT2D eigenvalue weighted by Gasteiger charge is -2.40. The Bertz CT molecular complexity index is 1050. The number of pyridine rings is 1. The van der Waals surface area contributed by atoms with Gasteiger partial charge in [-0.3, -0.25) is 9.78 Å². The summed E-state index contributed by atoms with van der Waals surface area (Å²) in [5, 5.41) is 5.28. The third-order valence-corrected chi connectivity index (χ3v) is 6.98. The van der Waals surface area contributed by atoms with Gasteiger partial charge in [-0.2, -0.15) is 0 Å². The number of hydrogen-bond donors (Lipinski definition) is 1. The number of hydrogen-bond acceptors (Lipinski definition) is 4. The van der Waals surface area contributed by atoms with E-state index in [-0.39, 0.29) is 30.0 Å². The molecular weight excluding hydrogens is 408 g/mol. The molecule has 2 aromatic carbocycles. The van der Waals surface area contributed by atoms with Crippen LogP contribution in [0.3, 0.4) is 0 Å². The maximum absolute atomic E-state index is 13.0. The second kappa shape index (κ2) is 9.37. The fraction of sp³-hybridized carbons (Fsp3) is 0.385. The first-order chi connectivity index (χ1) is 15.0. The molecule has 0 amide bonds. The van der Waals surface area contributed by atoms with Crippen molar-refractivity contribution in [2.75, 3.05) is 6.54 Å². The Morgan fingerprint density at radius 2 is 2.00 bits per heavy atom. The molecule has 0 saturated carbocycles. The highest BCUT2D eigenvalue weighted by Crippen LogP contribution is 2.37. The summed E-state index contributed by atoms with van der Waals surface area (Å²) in [5.41, 5.74) is 2.96. The quantitative estimate of drug-likeness (QED) is 0.490. The molecule has 0 bridgehead atoms. The molecule has 31 heavy (non-hydrogen) atoms. The zero-order valence-corrected chi connectivity index (χ0v) is 18.9. The minimum atomic E-state index is -0.385. The van der Waals surface area contributed by atoms with E-state index in [2.05, 4.69) is 24.1 Å². The van der Waals surface area contributed by atoms with Crippen molar-refractivity contribution >= 4 is 28.5 Å². The molecule has 1 N–H and O–H groups in total. The van der Waals surface area contributed by atoms with Gasteiger partial charge in [-0.05, 0) is 48.4 Å². The van der Waals surface area contributed by atoms with Gasteiger partial charge in [0.1, 0.15) is 6.10 Å². The molecule has 2 heterocycles. The van der Waals surface area contributed by atoms with Crippen LogP contribution in [0.2, 0.25) is 5.02 Å². The van der Waals surface area contributed by atoms with Crippen LogP contribution in [-0.4, -0.2) is 23.5 Å². The van der Waals surface area contributed by atoms with Gasteiger partial charge in [0.05, 0.1) is 11.9 Å². The largest absolute Gasteiger partial charge is 0.456 e. The molecule has 1 aliphatic rings. The van der Waals surface area contributed by atoms with Crippen molar-refractivity contribution in [3.8, 4) is 0 Å². The molecule has 0 unspecified atom stereocenters. The fourth-order valence-electron chi connectivity index (χ4n) is 4.34. The number of ether oxygens (including phenoxy) is 1. The van der Waals surface area contributed by atoms with Crippen molar-refractivity contribution in [2.24, 2.45) is 5.41 Å². The molecule has 3 atom stereocenters. The van der Waals surface area contributed by atoms with Crippen LogP contribution in [0.25, 0.3) is 10.9 Å². The highest BCUT2D eigenvalue weighted by atomic mass is 35.5. The standard InChI is InChI=1S/C26H29ClN2O2/c1-3-26(2)14-12-23(29-17-26)25(20-13-15-28-22-11-7-5-9-19(20)22)31-24(30)16-18-8-4-6-10-21(18)27/h4-11,13,15,23,25,29H,3,12,14,16-17H2,1-2H3/t23-,25+,26+/m1/s1. The van der Waals surface area contributed by atoms with E-state index in [1.54, 1.807) is 12.3 Å². The third-order valence-electron chi connectivity index (χ3n) is 6.61. The maximum atomic E-state index is 13.0. The fourth-order valence-corrected chi connectivity index (χ4v) is 4.54. The van der Waals surface area contributed by atoms with Crippen LogP contribution in [0.1, 0.15) is 50.3 Å². The molecule has 5 heteroatoms. The van der Waals surface area contributed by atoms with E-state index in [9.17, 15) is 4.79 Å². The van der Waals surface area contributed by atoms with Gasteiger partial charge in [-0.15, -0.1) is 0 Å². The van der Waals surface area contributed by atoms with E-state index in [0.717, 1.165) is 47.8 Å². The summed E-state index contributed by atoms with van der Waals surface area (Å²) in [7, 11) is 0. The summed E-state index contributed by atoms with van der Waals surface area (Å²) in [5.74, 6) is -0.273. The first-order valence-electron chi connectivity index (χ1n) is 11.0. The van der Waals surface area contributed by atoms with Crippen LogP contribution in [0.5, 0.6) is 0 Å². The highest BCUT2D eigenvalue weighted by molar-refractivity contribution is 6.31. The number of nitrogens with zero attached hydrogens (tertiary/aromatic N) is 1. The van der Waals surface area contributed by atoms with Gasteiger partial charge < -0.3 is 10.1 Å². The van der Waals surface area contributed by atoms with Crippen LogP contribution in [-0.2, 0) is 16.0 Å². The van der Waals surface area contributed by atoms with E-state index in [0.29, 0.717) is 5.02 Å². The summed E-state index contributed by atoms with van der Waals surface area (Å²) in [6, 6.07) is 17.5. The van der Waals surface area contributed by atoms with Crippen molar-refractivity contribution < 1.29 is 9.53 Å². The molecule has 1 saturated heterocycles. The molecule has 0 spiro atoms. The van der Waals surface area contributed by atoms with Crippen LogP contribution < -0.4 is 5.32 Å². The van der Waals surface area contributed by atoms with Gasteiger partial charge in [0.2, 0.25) is 0 Å². The minimum absolute atomic E-state index is 0.0561. The van der Waals surface area contributed by atoms with E-state index < -0.39 is 0 Å². The van der Waals surface area contributed by atoms with Crippen molar-refractivity contribution in [1.82, 2.24) is 10.3 Å². The summed E-state index contributed by atoms with van der Waals surface area (Å²) in [6.45, 7) is 5.46. The van der Waals surface area contributed by atoms with Crippen molar-refractivity contribution in [1.29, 1.82) is 0 Å². The van der Waals surface area contributed by atoms with E-state index >= 15 is 0 Å². The second-order valence-electron chi connectivity index (χ2n) is 8.79. The van der Waals surface area contributed by atoms with Gasteiger partial charge in [0, 0.05) is 34.8 Å². The topological polar surface area (TPSA) is 51.2 Å². The smallest absolute Gasteiger partial charge is 0.310 e. The molecule has 1 aromatic heterocycles. The Balaban J connectivity index is 1.63. The molecular formula is C26H29ClN2O2. The molecule has 4 rings (SSSR count). The molecule has 1 aliphatic heterocycles. The normalized spacial score (nSPS) is 22.2. The maximum Gasteiger partial charge on any atom is 0.310 e. The Kier molecular flexibility index (Phi) is 6.59. The number of piperidine rings is 1. The van der Waals surface area contributed by atoms with Crippen molar-refractivity contribution in [2.45, 2.75) is 51.7 Å². The average molecular weight is 437 g/mol. The van der Waals surface area contributed by atoms with Gasteiger partial charge in [-0.1, -0.05) is 61.8 Å². The molecule has 1 fully saturated rings. The number of halogens is 1. The van der Waals surface area contributed by atoms with E-state index in [1.165, 1.54) is 0 Å². The first-order valence-corrected chi connectivity index (χ1v) is 11.4. The number of esters is 1. The highest BCUT2D eigenvalue weighted by Gasteiger charge is 2.36. The van der Waals surface area contributed by atoms with Crippen LogP contribution in [0.4, 0.5) is 0 Å². The molecule has 3 aromatic rings. The Labute approximate surface area is 189 Å². The van der Waals surface area contributed by atoms with Gasteiger partial charge in [0.25, 0.3) is 0 Å². The molecule has 0 aliphatic carbocycles. The monoisotopic (exact) mass is 436 g/mol. The lowest BCUT2D eigenvalue weighted by atomic mass is 9.77. The van der Waals surface area contributed by atoms with Crippen LogP contribution in [0, 0.1) is 5.41 Å². The number of benzene rings is 2. The van der Waals surface area contributed by atoms with E-state index in [4.69, 9.17) is 16.3 Å². The second-order valence-corrected chi connectivity index (χ2v) is 9.19. The number of para-hydroxylation sites is 1. The number of fused-ring (bicyclic) bond motifs is 1. The van der Waals surface area contributed by atoms with Gasteiger partial charge >= 0.3 is 5.97 Å². The van der Waals surface area contributed by atoms with Crippen molar-refractivity contribution in [3.05, 3.63) is 76.9 Å². The molecule has 0 radical (unpaired) electrons. The third kappa shape index (κ3) is 4.91. The van der Waals surface area contributed by atoms with Crippen LogP contribution in [0.15, 0.2) is 60.8 Å². The number of aromatic nitrogens is 1. The zero-order chi connectivity index (χ0) is 21.8. The van der Waals surface area contributed by atoms with Crippen LogP contribution >= 0.6 is 11.6 Å². The van der Waals surface area contributed by atoms with Crippen molar-refractivity contribution in [3.63, 3.8) is 0 Å². The molecule has 162 valence electrons. The SMILES string of the molecule is CC[C@@]1(C)CC[C@H]([C@@H](OC(=O)Cc2ccccc2Cl)c2ccnc3ccccc23)NC1. The lowest BCUT2D eigenvalue weighted by Crippen LogP contribution is -2.47. The van der Waals surface area contributed by atoms with E-state index in [1.807, 2.05) is 48.5 Å². The zero-order valence-electron chi connectivity index (χ0n) is 18.1. The first kappa shape index (κ1) is 21.8. The summed E-state index contributed by atoms with van der Waals surface area (Å²) < 4.78 is 6.16. The predicted octanol–water partition coefficient (Wildman–Crippen LogP) is 5.88. The lowest BCUT2D eigenvalue weighted by molar-refractivity contribution is -0.151. The van der Waals surface area contributed by atoms with Gasteiger partial charge in [0.15, 0.2) is 0 Å². The number of rotatable bonds is 6. The van der Waals surface area contributed by atoms with Gasteiger partial charge in [-0.25, -0.2) is 0 Å². The summed E-state index contributed by atoms with van der Waals surface area (Å²) in [6.07, 6.45) is 4.74. The number of carbonyl (C=O) groups is 1. The Morgan fingerprint density at radius 3 is 2.74 bits per heavy atom. The average Bonchev–Trinajstić information content (AvgIpc) is 2.79. The number of nitrogens with one attached hydrogen (secondary N) is 1. The molecule has 4 nitrogen and oxygen atoms in total. The summed E-state index contributed by atoms with van der Waals surface area (Å²) in [4.78, 5) is 17.5. The predicted molar refractivity (Wildman–Crippen MR) is 125 cm³/mol. The minimum Gasteiger partial charge on any atom is -0.456 e. The Hall–Kier alpha value is -2.43. The summed E-state index contributed by atoms with van der Waals surface area (Å²) >= 11 is 6.27. The Morgan fingerprint density at radius 1 is 1.23 bits per heavy atom. The number of carbonyl (C=O) groups excluding carboxylic acids is 1.